The van der Waals surface area contributed by atoms with E-state index in [1.165, 1.54) is 17.1 Å². The molecule has 1 unspecified atom stereocenters. The van der Waals surface area contributed by atoms with Crippen molar-refractivity contribution >= 4 is 29.0 Å². The third kappa shape index (κ3) is 5.98. The van der Waals surface area contributed by atoms with Gasteiger partial charge in [-0.1, -0.05) is 26.7 Å². The van der Waals surface area contributed by atoms with E-state index in [4.69, 9.17) is 12.2 Å². The van der Waals surface area contributed by atoms with Crippen LogP contribution < -0.4 is 11.1 Å². The lowest BCUT2D eigenvalue weighted by atomic mass is 10.0. The predicted octanol–water partition coefficient (Wildman–Crippen LogP) is 3.74. The Morgan fingerprint density at radius 1 is 1.14 bits per heavy atom. The van der Waals surface area contributed by atoms with Gasteiger partial charge in [0.2, 0.25) is 5.91 Å². The highest BCUT2D eigenvalue weighted by Crippen LogP contribution is 2.32. The second kappa shape index (κ2) is 12.8. The van der Waals surface area contributed by atoms with Crippen LogP contribution in [0.15, 0.2) is 43.0 Å². The predicted molar refractivity (Wildman–Crippen MR) is 162 cm³/mol. The minimum absolute atomic E-state index is 0.0433. The number of carbonyl (C=O) groups is 2. The fraction of sp³-hybridized carbons (Fsp3) is 0.387. The number of aryl methyl sites for hydroxylation is 1. The Labute approximate surface area is 254 Å². The van der Waals surface area contributed by atoms with E-state index in [1.54, 1.807) is 38.7 Å². The number of fused-ring (bicyclic) bond motifs is 1. The first-order chi connectivity index (χ1) is 21.1. The molecule has 13 heteroatoms. The average molecular weight is 604 g/mol. The van der Waals surface area contributed by atoms with E-state index in [9.17, 15) is 18.4 Å². The molecule has 4 heterocycles. The fourth-order valence-corrected chi connectivity index (χ4v) is 5.28. The van der Waals surface area contributed by atoms with Crippen molar-refractivity contribution in [3.8, 4) is 23.6 Å². The summed E-state index contributed by atoms with van der Waals surface area (Å²) in [5.41, 5.74) is 8.87. The number of benzene rings is 1. The van der Waals surface area contributed by atoms with Crippen molar-refractivity contribution < 1.29 is 18.4 Å². The molecule has 11 nitrogen and oxygen atoms in total. The number of nitrogens with one attached hydrogen (secondary N) is 1. The van der Waals surface area contributed by atoms with Crippen LogP contribution in [0.5, 0.6) is 0 Å². The van der Waals surface area contributed by atoms with Gasteiger partial charge in [0.05, 0.1) is 17.9 Å². The summed E-state index contributed by atoms with van der Waals surface area (Å²) in [6.45, 7) is 7.62. The standard InChI is InChI=1S/C31H35F2N9O2/c1-5-10-41-18-23(26(38-41)27(32)33)24-17-36-29-28(35-9-11-42(24)29)37-21-7-8-22(20(6-2)16-21)30(43)39-12-14-40(15-13-39)31(44)25(34)19(3)4/h1,7-9,11,16-19,25,27H,6,10,12-15,34H2,2-4H3,(H,35,37). The molecule has 3 aromatic heterocycles. The zero-order chi connectivity index (χ0) is 31.5. The van der Waals surface area contributed by atoms with Crippen LogP contribution >= 0.6 is 0 Å². The maximum Gasteiger partial charge on any atom is 0.282 e. The number of nitrogens with two attached hydrogens (primary N) is 1. The molecule has 1 atom stereocenters. The molecule has 0 radical (unpaired) electrons. The van der Waals surface area contributed by atoms with Gasteiger partial charge in [-0.2, -0.15) is 5.10 Å². The molecular formula is C31H35F2N9O2. The van der Waals surface area contributed by atoms with Crippen molar-refractivity contribution in [2.75, 3.05) is 31.5 Å². The number of rotatable bonds is 9. The van der Waals surface area contributed by atoms with Gasteiger partial charge in [-0.15, -0.1) is 6.42 Å². The van der Waals surface area contributed by atoms with Crippen molar-refractivity contribution in [1.82, 2.24) is 33.9 Å². The van der Waals surface area contributed by atoms with E-state index < -0.39 is 12.5 Å². The first-order valence-corrected chi connectivity index (χ1v) is 14.5. The van der Waals surface area contributed by atoms with E-state index in [2.05, 4.69) is 26.3 Å². The van der Waals surface area contributed by atoms with E-state index in [1.807, 2.05) is 26.8 Å². The van der Waals surface area contributed by atoms with Gasteiger partial charge < -0.3 is 20.9 Å². The number of amides is 2. The third-order valence-corrected chi connectivity index (χ3v) is 7.82. The molecular weight excluding hydrogens is 568 g/mol. The highest BCUT2D eigenvalue weighted by Gasteiger charge is 2.29. The number of hydrogen-bond acceptors (Lipinski definition) is 7. The van der Waals surface area contributed by atoms with Crippen LogP contribution in [-0.2, 0) is 17.8 Å². The zero-order valence-electron chi connectivity index (χ0n) is 24.9. The molecule has 4 aromatic rings. The number of halogens is 2. The maximum absolute atomic E-state index is 13.8. The Morgan fingerprint density at radius 3 is 2.52 bits per heavy atom. The molecule has 0 bridgehead atoms. The van der Waals surface area contributed by atoms with Crippen LogP contribution in [-0.4, -0.2) is 78.0 Å². The number of anilines is 2. The molecule has 0 aliphatic carbocycles. The quantitative estimate of drug-likeness (QED) is 0.279. The molecule has 230 valence electrons. The Bertz CT molecular complexity index is 1710. The molecule has 1 aliphatic rings. The minimum Gasteiger partial charge on any atom is -0.338 e. The zero-order valence-corrected chi connectivity index (χ0v) is 24.9. The highest BCUT2D eigenvalue weighted by atomic mass is 19.3. The number of alkyl halides is 2. The molecule has 1 saturated heterocycles. The number of imidazole rings is 1. The summed E-state index contributed by atoms with van der Waals surface area (Å²) in [4.78, 5) is 38.5. The second-order valence-corrected chi connectivity index (χ2v) is 11.0. The van der Waals surface area contributed by atoms with E-state index in [-0.39, 0.29) is 35.5 Å². The smallest absolute Gasteiger partial charge is 0.282 e. The lowest BCUT2D eigenvalue weighted by molar-refractivity contribution is -0.135. The molecule has 1 aliphatic heterocycles. The highest BCUT2D eigenvalue weighted by molar-refractivity contribution is 5.96. The van der Waals surface area contributed by atoms with E-state index in [0.29, 0.717) is 61.0 Å². The van der Waals surface area contributed by atoms with Gasteiger partial charge in [0, 0.05) is 61.6 Å². The molecule has 0 saturated carbocycles. The summed E-state index contributed by atoms with van der Waals surface area (Å²) < 4.78 is 30.6. The minimum atomic E-state index is -2.79. The van der Waals surface area contributed by atoms with Gasteiger partial charge in [0.1, 0.15) is 12.2 Å². The van der Waals surface area contributed by atoms with Crippen molar-refractivity contribution in [2.45, 2.75) is 46.2 Å². The molecule has 2 amide bonds. The molecule has 0 spiro atoms. The van der Waals surface area contributed by atoms with Gasteiger partial charge in [-0.3, -0.25) is 18.7 Å². The van der Waals surface area contributed by atoms with Crippen LogP contribution in [0.2, 0.25) is 0 Å². The van der Waals surface area contributed by atoms with Crippen LogP contribution in [0.25, 0.3) is 16.9 Å². The largest absolute Gasteiger partial charge is 0.338 e. The maximum atomic E-state index is 13.8. The summed E-state index contributed by atoms with van der Waals surface area (Å²) in [6.07, 6.45) is 9.33. The Hall–Kier alpha value is -4.83. The van der Waals surface area contributed by atoms with E-state index >= 15 is 0 Å². The summed E-state index contributed by atoms with van der Waals surface area (Å²) in [6, 6.07) is 4.91. The first-order valence-electron chi connectivity index (χ1n) is 14.5. The number of terminal acetylenes is 1. The normalized spacial score (nSPS) is 14.3. The van der Waals surface area contributed by atoms with Gasteiger partial charge in [-0.05, 0) is 36.1 Å². The summed E-state index contributed by atoms with van der Waals surface area (Å²) in [5, 5.41) is 7.21. The lowest BCUT2D eigenvalue weighted by Gasteiger charge is -2.36. The summed E-state index contributed by atoms with van der Waals surface area (Å²) in [5.74, 6) is 2.68. The monoisotopic (exact) mass is 603 g/mol. The van der Waals surface area contributed by atoms with Crippen molar-refractivity contribution in [3.63, 3.8) is 0 Å². The number of carbonyl (C=O) groups excluding carboxylic acids is 2. The molecule has 5 rings (SSSR count). The van der Waals surface area contributed by atoms with Crippen molar-refractivity contribution in [1.29, 1.82) is 0 Å². The first kappa shape index (κ1) is 30.6. The molecule has 44 heavy (non-hydrogen) atoms. The van der Waals surface area contributed by atoms with Gasteiger partial charge >= 0.3 is 0 Å². The Morgan fingerprint density at radius 2 is 1.86 bits per heavy atom. The lowest BCUT2D eigenvalue weighted by Crippen LogP contribution is -2.55. The number of aromatic nitrogens is 5. The summed E-state index contributed by atoms with van der Waals surface area (Å²) in [7, 11) is 0. The van der Waals surface area contributed by atoms with Crippen molar-refractivity contribution in [2.24, 2.45) is 11.7 Å². The SMILES string of the molecule is C#CCn1cc(-c2cnc3c(Nc4ccc(C(=O)N5CCN(C(=O)C(N)C(C)C)CC5)c(CC)c4)nccn23)c(C(F)F)n1. The Balaban J connectivity index is 1.34. The number of hydrogen-bond donors (Lipinski definition) is 2. The van der Waals surface area contributed by atoms with Gasteiger partial charge in [0.15, 0.2) is 11.5 Å². The number of piperazine rings is 1. The van der Waals surface area contributed by atoms with Gasteiger partial charge in [-0.25, -0.2) is 18.7 Å². The molecule has 3 N–H and O–H groups in total. The molecule has 1 aromatic carbocycles. The fourth-order valence-electron chi connectivity index (χ4n) is 5.28. The van der Waals surface area contributed by atoms with Crippen LogP contribution in [0, 0.1) is 18.3 Å². The topological polar surface area (TPSA) is 127 Å². The second-order valence-electron chi connectivity index (χ2n) is 11.0. The van der Waals surface area contributed by atoms with Crippen LogP contribution in [0.3, 0.4) is 0 Å². The van der Waals surface area contributed by atoms with E-state index in [0.717, 1.165) is 5.56 Å². The third-order valence-electron chi connectivity index (χ3n) is 7.82. The average Bonchev–Trinajstić information content (AvgIpc) is 3.65. The number of nitrogens with zero attached hydrogens (tertiary/aromatic N) is 7. The van der Waals surface area contributed by atoms with Crippen LogP contribution in [0.1, 0.15) is 48.8 Å². The van der Waals surface area contributed by atoms with Gasteiger partial charge in [0.25, 0.3) is 12.3 Å². The summed E-state index contributed by atoms with van der Waals surface area (Å²) >= 11 is 0. The van der Waals surface area contributed by atoms with Crippen molar-refractivity contribution in [3.05, 3.63) is 59.8 Å². The molecule has 1 fully saturated rings. The van der Waals surface area contributed by atoms with Crippen LogP contribution in [0.4, 0.5) is 20.3 Å². The Kier molecular flexibility index (Phi) is 8.91.